The second-order valence-corrected chi connectivity index (χ2v) is 2.32. The summed E-state index contributed by atoms with van der Waals surface area (Å²) in [7, 11) is 0. The van der Waals surface area contributed by atoms with Gasteiger partial charge in [-0.25, -0.2) is 4.79 Å². The highest BCUT2D eigenvalue weighted by atomic mass is 79.9. The van der Waals surface area contributed by atoms with Gasteiger partial charge in [-0.15, -0.1) is 0 Å². The third-order valence-electron chi connectivity index (χ3n) is 0.635. The largest absolute Gasteiger partial charge is 0.446 e. The van der Waals surface area contributed by atoms with E-state index in [0.717, 1.165) is 0 Å². The van der Waals surface area contributed by atoms with Crippen LogP contribution in [0.4, 0.5) is 4.79 Å². The fraction of sp³-hybridized carbons (Fsp3) is 0.667. The van der Waals surface area contributed by atoms with Crippen molar-refractivity contribution in [2.45, 2.75) is 4.95 Å². The van der Waals surface area contributed by atoms with Crippen molar-refractivity contribution in [2.24, 2.45) is 0 Å². The van der Waals surface area contributed by atoms with Gasteiger partial charge in [-0.3, -0.25) is 0 Å². The van der Waals surface area contributed by atoms with E-state index in [2.05, 4.69) is 26.0 Å². The lowest BCUT2D eigenvalue weighted by atomic mass is 10.7. The third kappa shape index (κ3) is 1.06. The highest BCUT2D eigenvalue weighted by Gasteiger charge is 2.17. The predicted octanol–water partition coefficient (Wildman–Crippen LogP) is 0.447. The number of hydrogen-bond acceptors (Lipinski definition) is 2. The first-order chi connectivity index (χ1) is 3.29. The van der Waals surface area contributed by atoms with Crippen molar-refractivity contribution in [1.82, 2.24) is 5.32 Å². The Kier molecular flexibility index (Phi) is 1.19. The molecular formula is C3H4BrNO2. The summed E-state index contributed by atoms with van der Waals surface area (Å²) in [4.78, 5) is 10.1. The molecule has 0 saturated carbocycles. The van der Waals surface area contributed by atoms with Crippen molar-refractivity contribution in [3.8, 4) is 0 Å². The summed E-state index contributed by atoms with van der Waals surface area (Å²) in [5.74, 6) is 0. The number of nitrogens with one attached hydrogen (secondary N) is 1. The molecule has 0 aliphatic carbocycles. The van der Waals surface area contributed by atoms with Gasteiger partial charge in [0.25, 0.3) is 0 Å². The van der Waals surface area contributed by atoms with Gasteiger partial charge in [-0.05, 0) is 0 Å². The number of ether oxygens (including phenoxy) is 1. The zero-order valence-corrected chi connectivity index (χ0v) is 5.06. The zero-order valence-electron chi connectivity index (χ0n) is 3.48. The molecule has 0 aromatic rings. The molecule has 1 fully saturated rings. The minimum Gasteiger partial charge on any atom is -0.446 e. The molecule has 4 heteroatoms. The van der Waals surface area contributed by atoms with E-state index in [0.29, 0.717) is 6.61 Å². The molecule has 0 unspecified atom stereocenters. The number of cyclic esters (lactones) is 1. The zero-order chi connectivity index (χ0) is 5.28. The lowest BCUT2D eigenvalue weighted by molar-refractivity contribution is 0.178. The highest BCUT2D eigenvalue weighted by molar-refractivity contribution is 9.09. The quantitative estimate of drug-likeness (QED) is 0.419. The molecule has 1 aliphatic rings. The molecule has 1 atom stereocenters. The van der Waals surface area contributed by atoms with E-state index >= 15 is 0 Å². The Hall–Kier alpha value is -0.250. The highest BCUT2D eigenvalue weighted by Crippen LogP contribution is 2.02. The number of rotatable bonds is 0. The average molecular weight is 166 g/mol. The SMILES string of the molecule is O=C1N[C@@H](Br)CO1. The smallest absolute Gasteiger partial charge is 0.408 e. The number of hydrogen-bond donors (Lipinski definition) is 1. The van der Waals surface area contributed by atoms with Crippen molar-refractivity contribution in [1.29, 1.82) is 0 Å². The number of carbonyl (C=O) groups excluding carboxylic acids is 1. The molecule has 1 heterocycles. The fourth-order valence-corrected chi connectivity index (χ4v) is 0.679. The summed E-state index contributed by atoms with van der Waals surface area (Å²) in [5, 5.41) is 2.47. The Morgan fingerprint density at radius 1 is 2.00 bits per heavy atom. The molecule has 0 aromatic heterocycles. The standard InChI is InChI=1S/C3H4BrNO2/c4-2-1-7-3(6)5-2/h2H,1H2,(H,5,6)/t2-/m1/s1. The van der Waals surface area contributed by atoms with Gasteiger partial charge in [0.15, 0.2) is 0 Å². The van der Waals surface area contributed by atoms with Crippen molar-refractivity contribution >= 4 is 22.0 Å². The van der Waals surface area contributed by atoms with Gasteiger partial charge in [-0.2, -0.15) is 0 Å². The minimum atomic E-state index is -0.345. The normalized spacial score (nSPS) is 29.3. The Balaban J connectivity index is 2.40. The molecule has 0 radical (unpaired) electrons. The topological polar surface area (TPSA) is 38.3 Å². The van der Waals surface area contributed by atoms with Crippen LogP contribution < -0.4 is 5.32 Å². The second kappa shape index (κ2) is 1.69. The Morgan fingerprint density at radius 3 is 2.86 bits per heavy atom. The van der Waals surface area contributed by atoms with E-state index in [1.54, 1.807) is 0 Å². The minimum absolute atomic E-state index is 0.0139. The first-order valence-electron chi connectivity index (χ1n) is 1.86. The Morgan fingerprint density at radius 2 is 2.71 bits per heavy atom. The maximum absolute atomic E-state index is 10.1. The maximum atomic E-state index is 10.1. The molecule has 1 amide bonds. The van der Waals surface area contributed by atoms with Gasteiger partial charge in [0.2, 0.25) is 0 Å². The second-order valence-electron chi connectivity index (χ2n) is 1.21. The van der Waals surface area contributed by atoms with E-state index in [1.165, 1.54) is 0 Å². The molecule has 3 nitrogen and oxygen atoms in total. The summed E-state index contributed by atoms with van der Waals surface area (Å²) in [6.45, 7) is 0.429. The van der Waals surface area contributed by atoms with Crippen LogP contribution in [0.1, 0.15) is 0 Å². The maximum Gasteiger partial charge on any atom is 0.408 e. The number of alkyl halides is 1. The third-order valence-corrected chi connectivity index (χ3v) is 1.13. The van der Waals surface area contributed by atoms with Crippen LogP contribution >= 0.6 is 15.9 Å². The van der Waals surface area contributed by atoms with Crippen LogP contribution in [0.25, 0.3) is 0 Å². The number of halogens is 1. The molecule has 0 bridgehead atoms. The lowest BCUT2D eigenvalue weighted by Gasteiger charge is -1.87. The molecule has 0 aromatic carbocycles. The molecule has 0 spiro atoms. The van der Waals surface area contributed by atoms with E-state index in [1.807, 2.05) is 0 Å². The first-order valence-corrected chi connectivity index (χ1v) is 2.78. The molecular weight excluding hydrogens is 162 g/mol. The van der Waals surface area contributed by atoms with Crippen LogP contribution in [0.2, 0.25) is 0 Å². The molecule has 1 saturated heterocycles. The summed E-state index contributed by atoms with van der Waals surface area (Å²) >= 11 is 3.12. The van der Waals surface area contributed by atoms with E-state index < -0.39 is 0 Å². The van der Waals surface area contributed by atoms with Crippen molar-refractivity contribution in [3.05, 3.63) is 0 Å². The number of carbonyl (C=O) groups is 1. The van der Waals surface area contributed by atoms with Crippen LogP contribution in [0, 0.1) is 0 Å². The first kappa shape index (κ1) is 4.90. The van der Waals surface area contributed by atoms with Gasteiger partial charge in [-0.1, -0.05) is 15.9 Å². The predicted molar refractivity (Wildman–Crippen MR) is 27.2 cm³/mol. The summed E-state index contributed by atoms with van der Waals surface area (Å²) < 4.78 is 4.47. The van der Waals surface area contributed by atoms with Crippen LogP contribution in [-0.2, 0) is 4.74 Å². The van der Waals surface area contributed by atoms with E-state index in [4.69, 9.17) is 0 Å². The van der Waals surface area contributed by atoms with Gasteiger partial charge in [0.1, 0.15) is 11.6 Å². The Labute approximate surface area is 49.2 Å². The van der Waals surface area contributed by atoms with Crippen LogP contribution in [0.3, 0.4) is 0 Å². The van der Waals surface area contributed by atoms with Crippen molar-refractivity contribution < 1.29 is 9.53 Å². The van der Waals surface area contributed by atoms with Crippen LogP contribution in [0.5, 0.6) is 0 Å². The number of alkyl carbamates (subject to hydrolysis) is 1. The van der Waals surface area contributed by atoms with Gasteiger partial charge < -0.3 is 10.1 Å². The lowest BCUT2D eigenvalue weighted by Crippen LogP contribution is -2.19. The fourth-order valence-electron chi connectivity index (χ4n) is 0.360. The van der Waals surface area contributed by atoms with Gasteiger partial charge in [0.05, 0.1) is 0 Å². The summed E-state index contributed by atoms with van der Waals surface area (Å²) in [6, 6.07) is 0. The van der Waals surface area contributed by atoms with E-state index in [9.17, 15) is 4.79 Å². The van der Waals surface area contributed by atoms with Gasteiger partial charge in [0, 0.05) is 0 Å². The van der Waals surface area contributed by atoms with Gasteiger partial charge >= 0.3 is 6.09 Å². The average Bonchev–Trinajstić information content (AvgIpc) is 1.87. The number of amides is 1. The van der Waals surface area contributed by atoms with E-state index in [-0.39, 0.29) is 11.0 Å². The van der Waals surface area contributed by atoms with Crippen molar-refractivity contribution in [2.75, 3.05) is 6.61 Å². The van der Waals surface area contributed by atoms with Crippen LogP contribution in [-0.4, -0.2) is 17.7 Å². The summed E-state index contributed by atoms with van der Waals surface area (Å²) in [6.07, 6.45) is -0.345. The molecule has 1 N–H and O–H groups in total. The monoisotopic (exact) mass is 165 g/mol. The summed E-state index contributed by atoms with van der Waals surface area (Å²) in [5.41, 5.74) is 0. The molecule has 40 valence electrons. The van der Waals surface area contributed by atoms with Crippen LogP contribution in [0.15, 0.2) is 0 Å². The van der Waals surface area contributed by atoms with Crippen molar-refractivity contribution in [3.63, 3.8) is 0 Å². The molecule has 1 aliphatic heterocycles. The molecule has 7 heavy (non-hydrogen) atoms. The Bertz CT molecular complexity index is 94.9. The molecule has 1 rings (SSSR count).